The molecule has 0 spiro atoms. The van der Waals surface area contributed by atoms with Crippen molar-refractivity contribution in [1.82, 2.24) is 20.5 Å². The summed E-state index contributed by atoms with van der Waals surface area (Å²) in [6.45, 7) is 7.00. The lowest BCUT2D eigenvalue weighted by molar-refractivity contribution is -0.124. The number of aliphatic hydroxyl groups excluding tert-OH is 1. The van der Waals surface area contributed by atoms with Crippen molar-refractivity contribution in [2.24, 2.45) is 0 Å². The highest BCUT2D eigenvalue weighted by Crippen LogP contribution is 2.36. The summed E-state index contributed by atoms with van der Waals surface area (Å²) in [6, 6.07) is 26.6. The number of nitrogens with zero attached hydrogens (tertiary/aromatic N) is 1. The number of carbonyl (C=O) groups is 2. The van der Waals surface area contributed by atoms with E-state index in [1.165, 1.54) is 10.9 Å². The highest BCUT2D eigenvalue weighted by atomic mass is 16.5. The van der Waals surface area contributed by atoms with E-state index in [0.717, 1.165) is 28.8 Å². The van der Waals surface area contributed by atoms with Gasteiger partial charge < -0.3 is 25.5 Å². The van der Waals surface area contributed by atoms with Gasteiger partial charge in [0.2, 0.25) is 5.91 Å². The molecular formula is C35H42N4O4. The van der Waals surface area contributed by atoms with Crippen molar-refractivity contribution in [2.45, 2.75) is 70.4 Å². The van der Waals surface area contributed by atoms with Gasteiger partial charge >= 0.3 is 6.09 Å². The Morgan fingerprint density at radius 2 is 1.63 bits per heavy atom. The molecule has 5 rings (SSSR count). The second-order valence-corrected chi connectivity index (χ2v) is 12.4. The van der Waals surface area contributed by atoms with Gasteiger partial charge in [-0.3, -0.25) is 9.69 Å². The Kier molecular flexibility index (Phi) is 9.48. The van der Waals surface area contributed by atoms with E-state index < -0.39 is 18.2 Å². The first-order valence-electron chi connectivity index (χ1n) is 15.0. The minimum atomic E-state index is -0.913. The van der Waals surface area contributed by atoms with Crippen molar-refractivity contribution >= 4 is 22.9 Å². The lowest BCUT2D eigenvalue weighted by atomic mass is 9.93. The monoisotopic (exact) mass is 582 g/mol. The highest BCUT2D eigenvalue weighted by Gasteiger charge is 2.35. The van der Waals surface area contributed by atoms with E-state index in [1.807, 2.05) is 93.6 Å². The predicted octanol–water partition coefficient (Wildman–Crippen LogP) is 5.27. The molecule has 1 aliphatic rings. The maximum atomic E-state index is 13.2. The number of aromatic nitrogens is 1. The molecule has 3 atom stereocenters. The van der Waals surface area contributed by atoms with Gasteiger partial charge in [-0.25, -0.2) is 4.79 Å². The number of benzene rings is 3. The first-order valence-corrected chi connectivity index (χ1v) is 15.0. The van der Waals surface area contributed by atoms with E-state index in [9.17, 15) is 14.7 Å². The van der Waals surface area contributed by atoms with E-state index >= 15 is 0 Å². The zero-order valence-electron chi connectivity index (χ0n) is 25.2. The molecule has 0 aliphatic carbocycles. The molecule has 1 unspecified atom stereocenters. The van der Waals surface area contributed by atoms with Crippen LogP contribution in [0.15, 0.2) is 84.9 Å². The summed E-state index contributed by atoms with van der Waals surface area (Å²) in [6.07, 6.45) is -0.0209. The van der Waals surface area contributed by atoms with Crippen LogP contribution < -0.4 is 10.6 Å². The lowest BCUT2D eigenvalue weighted by Crippen LogP contribution is -2.52. The van der Waals surface area contributed by atoms with Crippen LogP contribution in [0.25, 0.3) is 10.9 Å². The van der Waals surface area contributed by atoms with Crippen LogP contribution in [-0.4, -0.2) is 57.8 Å². The van der Waals surface area contributed by atoms with Crippen molar-refractivity contribution < 1.29 is 19.4 Å². The number of fused-ring (bicyclic) bond motifs is 3. The SMILES string of the molecule is CC(C)(C)NC(=O)CC1c2[nH]c3ccccc3c2CCN1C[C@@H](O)[C@H](Cc1ccccc1)NC(=O)OCc1ccccc1. The molecule has 0 bridgehead atoms. The van der Waals surface area contributed by atoms with Crippen molar-refractivity contribution in [1.29, 1.82) is 0 Å². The van der Waals surface area contributed by atoms with Crippen LogP contribution in [0.2, 0.25) is 0 Å². The van der Waals surface area contributed by atoms with Gasteiger partial charge in [0.15, 0.2) is 0 Å². The Balaban J connectivity index is 1.36. The van der Waals surface area contributed by atoms with Gasteiger partial charge in [0.1, 0.15) is 6.61 Å². The van der Waals surface area contributed by atoms with Gasteiger partial charge in [0.05, 0.1) is 18.2 Å². The molecule has 2 heterocycles. The van der Waals surface area contributed by atoms with Crippen LogP contribution in [0.4, 0.5) is 4.79 Å². The summed E-state index contributed by atoms with van der Waals surface area (Å²) >= 11 is 0. The fraction of sp³-hybridized carbons (Fsp3) is 0.371. The quantitative estimate of drug-likeness (QED) is 0.204. The maximum absolute atomic E-state index is 13.2. The number of rotatable bonds is 10. The number of aliphatic hydroxyl groups is 1. The number of aromatic amines is 1. The fourth-order valence-corrected chi connectivity index (χ4v) is 5.90. The van der Waals surface area contributed by atoms with Crippen LogP contribution in [0, 0.1) is 0 Å². The van der Waals surface area contributed by atoms with E-state index in [2.05, 4.69) is 32.7 Å². The number of ether oxygens (including phenoxy) is 1. The Labute approximate surface area is 253 Å². The number of para-hydroxylation sites is 1. The molecule has 3 aromatic carbocycles. The van der Waals surface area contributed by atoms with Gasteiger partial charge in [0.25, 0.3) is 0 Å². The van der Waals surface area contributed by atoms with E-state index in [1.54, 1.807) is 0 Å². The second kappa shape index (κ2) is 13.4. The molecular weight excluding hydrogens is 540 g/mol. The number of nitrogens with one attached hydrogen (secondary N) is 3. The minimum Gasteiger partial charge on any atom is -0.445 e. The maximum Gasteiger partial charge on any atom is 0.407 e. The molecule has 4 aromatic rings. The number of amides is 2. The molecule has 0 saturated heterocycles. The van der Waals surface area contributed by atoms with Gasteiger partial charge in [-0.1, -0.05) is 78.9 Å². The predicted molar refractivity (Wildman–Crippen MR) is 169 cm³/mol. The largest absolute Gasteiger partial charge is 0.445 e. The summed E-state index contributed by atoms with van der Waals surface area (Å²) in [5.41, 5.74) is 4.80. The lowest BCUT2D eigenvalue weighted by Gasteiger charge is -2.38. The molecule has 8 nitrogen and oxygen atoms in total. The Morgan fingerprint density at radius 1 is 0.977 bits per heavy atom. The summed E-state index contributed by atoms with van der Waals surface area (Å²) in [5, 5.41) is 18.9. The van der Waals surface area contributed by atoms with Crippen molar-refractivity contribution in [3.63, 3.8) is 0 Å². The first-order chi connectivity index (χ1) is 20.7. The molecule has 1 aliphatic heterocycles. The van der Waals surface area contributed by atoms with Crippen molar-refractivity contribution in [3.8, 4) is 0 Å². The number of β-amino-alcohol motifs (C(OH)–C–C–N with tert-alkyl or cyclic N) is 1. The number of hydrogen-bond acceptors (Lipinski definition) is 5. The molecule has 4 N–H and O–H groups in total. The summed E-state index contributed by atoms with van der Waals surface area (Å²) in [4.78, 5) is 31.9. The van der Waals surface area contributed by atoms with Crippen molar-refractivity contribution in [2.75, 3.05) is 13.1 Å². The number of carbonyl (C=O) groups excluding carboxylic acids is 2. The fourth-order valence-electron chi connectivity index (χ4n) is 5.90. The van der Waals surface area contributed by atoms with Crippen LogP contribution in [0.1, 0.15) is 55.6 Å². The number of H-pyrrole nitrogens is 1. The van der Waals surface area contributed by atoms with Crippen LogP contribution in [0.3, 0.4) is 0 Å². The Morgan fingerprint density at radius 3 is 2.33 bits per heavy atom. The topological polar surface area (TPSA) is 107 Å². The molecule has 2 amide bonds. The first kappa shape index (κ1) is 30.3. The van der Waals surface area contributed by atoms with E-state index in [-0.39, 0.29) is 37.1 Å². The molecule has 43 heavy (non-hydrogen) atoms. The third kappa shape index (κ3) is 8.03. The molecule has 0 radical (unpaired) electrons. The van der Waals surface area contributed by atoms with Crippen LogP contribution >= 0.6 is 0 Å². The van der Waals surface area contributed by atoms with Gasteiger partial charge in [-0.05, 0) is 56.4 Å². The summed E-state index contributed by atoms with van der Waals surface area (Å²) in [5.74, 6) is -0.0491. The standard InChI is InChI=1S/C35H42N4O4/c1-35(2,3)38-32(41)21-30-33-27(26-16-10-11-17-28(26)36-33)18-19-39(30)22-31(40)29(20-24-12-6-4-7-13-24)37-34(42)43-23-25-14-8-5-9-15-25/h4-17,29-31,36,40H,18-23H2,1-3H3,(H,37,42)(H,38,41)/t29-,30?,31+/m0/s1. The van der Waals surface area contributed by atoms with Gasteiger partial charge in [-0.15, -0.1) is 0 Å². The average molecular weight is 583 g/mol. The average Bonchev–Trinajstić information content (AvgIpc) is 3.36. The molecule has 0 fully saturated rings. The number of hydrogen-bond donors (Lipinski definition) is 4. The second-order valence-electron chi connectivity index (χ2n) is 12.4. The molecule has 226 valence electrons. The highest BCUT2D eigenvalue weighted by molar-refractivity contribution is 5.86. The van der Waals surface area contributed by atoms with E-state index in [4.69, 9.17) is 4.74 Å². The minimum absolute atomic E-state index is 0.0491. The zero-order valence-corrected chi connectivity index (χ0v) is 25.2. The zero-order chi connectivity index (χ0) is 30.4. The molecule has 1 aromatic heterocycles. The third-order valence-electron chi connectivity index (χ3n) is 7.86. The normalized spacial score (nSPS) is 16.7. The van der Waals surface area contributed by atoms with Gasteiger partial charge in [-0.2, -0.15) is 0 Å². The third-order valence-corrected chi connectivity index (χ3v) is 7.86. The summed E-state index contributed by atoms with van der Waals surface area (Å²) < 4.78 is 5.50. The number of alkyl carbamates (subject to hydrolysis) is 1. The molecule has 8 heteroatoms. The van der Waals surface area contributed by atoms with Crippen molar-refractivity contribution in [3.05, 3.63) is 107 Å². The Bertz CT molecular complexity index is 1510. The molecule has 0 saturated carbocycles. The van der Waals surface area contributed by atoms with Crippen LogP contribution in [-0.2, 0) is 29.0 Å². The smallest absolute Gasteiger partial charge is 0.407 e. The summed E-state index contributed by atoms with van der Waals surface area (Å²) in [7, 11) is 0. The van der Waals surface area contributed by atoms with Crippen LogP contribution in [0.5, 0.6) is 0 Å². The van der Waals surface area contributed by atoms with E-state index in [0.29, 0.717) is 13.0 Å². The van der Waals surface area contributed by atoms with Gasteiger partial charge in [0, 0.05) is 41.6 Å². The Hall–Kier alpha value is -4.14.